The van der Waals surface area contributed by atoms with Crippen LogP contribution in [-0.4, -0.2) is 16.4 Å². The largest absolute Gasteiger partial charge is 0.393 e. The summed E-state index contributed by atoms with van der Waals surface area (Å²) in [7, 11) is 2.83. The van der Waals surface area contributed by atoms with Crippen LogP contribution in [0.25, 0.3) is 0 Å². The quantitative estimate of drug-likeness (QED) is 0.519. The minimum atomic E-state index is -0.130. The molecule has 2 heteroatoms. The fourth-order valence-electron chi connectivity index (χ4n) is 1.15. The van der Waals surface area contributed by atoms with Gasteiger partial charge in [0.25, 0.3) is 0 Å². The molecule has 0 aromatic heterocycles. The summed E-state index contributed by atoms with van der Waals surface area (Å²) in [6.07, 6.45) is 6.87. The monoisotopic (exact) mass is 188 g/mol. The van der Waals surface area contributed by atoms with Gasteiger partial charge in [0, 0.05) is 0 Å². The maximum atomic E-state index is 9.36. The van der Waals surface area contributed by atoms with Gasteiger partial charge in [0.05, 0.1) is 6.10 Å². The second-order valence-corrected chi connectivity index (χ2v) is 4.93. The lowest BCUT2D eigenvalue weighted by molar-refractivity contribution is 0.155. The van der Waals surface area contributed by atoms with Crippen LogP contribution < -0.4 is 0 Å². The highest BCUT2D eigenvalue weighted by Gasteiger charge is 2.14. The molecule has 0 aliphatic carbocycles. The van der Waals surface area contributed by atoms with Crippen LogP contribution in [-0.2, 0) is 0 Å². The second-order valence-electron chi connectivity index (χ2n) is 3.61. The Morgan fingerprint density at radius 1 is 1.58 bits per heavy atom. The minimum Gasteiger partial charge on any atom is -0.393 e. The van der Waals surface area contributed by atoms with E-state index < -0.39 is 0 Å². The highest BCUT2D eigenvalue weighted by Crippen LogP contribution is 2.26. The smallest absolute Gasteiger partial charge is 0.0538 e. The number of hydrogen-bond acceptors (Lipinski definition) is 1. The van der Waals surface area contributed by atoms with Gasteiger partial charge in [0.15, 0.2) is 0 Å². The molecule has 0 fully saturated rings. The molecule has 3 atom stereocenters. The summed E-state index contributed by atoms with van der Waals surface area (Å²) in [6.45, 7) is 6.21. The van der Waals surface area contributed by atoms with Crippen molar-refractivity contribution in [1.82, 2.24) is 0 Å². The fraction of sp³-hybridized carbons (Fsp3) is 0.800. The summed E-state index contributed by atoms with van der Waals surface area (Å²) >= 11 is 0. The van der Waals surface area contributed by atoms with Crippen molar-refractivity contribution in [2.45, 2.75) is 51.3 Å². The lowest BCUT2D eigenvalue weighted by Gasteiger charge is -2.21. The number of aliphatic hydroxyl groups is 1. The maximum Gasteiger partial charge on any atom is 0.0538 e. The first kappa shape index (κ1) is 12.1. The lowest BCUT2D eigenvalue weighted by Crippen LogP contribution is -2.15. The van der Waals surface area contributed by atoms with E-state index in [0.717, 1.165) is 19.3 Å². The van der Waals surface area contributed by atoms with Crippen molar-refractivity contribution in [1.29, 1.82) is 0 Å². The molecule has 1 nitrogen and oxygen atoms in total. The molecule has 0 aromatic carbocycles. The highest BCUT2D eigenvalue weighted by molar-refractivity contribution is 7.19. The Kier molecular flexibility index (Phi) is 5.78. The first-order valence-electron chi connectivity index (χ1n) is 4.62. The molecule has 0 bridgehead atoms. The van der Waals surface area contributed by atoms with Crippen LogP contribution in [0.3, 0.4) is 0 Å². The molecule has 0 aliphatic heterocycles. The molecule has 1 N–H and O–H groups in total. The molecular formula is C10H21OP. The Balaban J connectivity index is 3.75. The van der Waals surface area contributed by atoms with E-state index in [2.05, 4.69) is 28.3 Å². The Morgan fingerprint density at radius 3 is 2.58 bits per heavy atom. The molecule has 0 aliphatic rings. The average molecular weight is 188 g/mol. The van der Waals surface area contributed by atoms with Gasteiger partial charge in [-0.15, -0.1) is 9.24 Å². The Bertz CT molecular complexity index is 141. The third-order valence-corrected chi connectivity index (χ3v) is 2.52. The average Bonchev–Trinajstić information content (AvgIpc) is 2.00. The highest BCUT2D eigenvalue weighted by atomic mass is 31.0. The lowest BCUT2D eigenvalue weighted by atomic mass is 10.0. The van der Waals surface area contributed by atoms with Gasteiger partial charge in [-0.25, -0.2) is 0 Å². The number of aliphatic hydroxyl groups excluding tert-OH is 1. The first-order chi connectivity index (χ1) is 5.52. The van der Waals surface area contributed by atoms with Gasteiger partial charge in [-0.05, 0) is 31.3 Å². The Morgan fingerprint density at radius 2 is 2.17 bits per heavy atom. The van der Waals surface area contributed by atoms with Crippen LogP contribution in [0.4, 0.5) is 0 Å². The first-order valence-corrected chi connectivity index (χ1v) is 5.20. The molecule has 0 saturated heterocycles. The zero-order valence-corrected chi connectivity index (χ0v) is 9.53. The molecule has 12 heavy (non-hydrogen) atoms. The number of rotatable bonds is 5. The predicted octanol–water partition coefficient (Wildman–Crippen LogP) is 2.75. The zero-order valence-electron chi connectivity index (χ0n) is 8.38. The Hall–Kier alpha value is 0.130. The minimum absolute atomic E-state index is 0.130. The molecular weight excluding hydrogens is 167 g/mol. The van der Waals surface area contributed by atoms with E-state index >= 15 is 0 Å². The van der Waals surface area contributed by atoms with Crippen molar-refractivity contribution >= 4 is 9.24 Å². The van der Waals surface area contributed by atoms with Gasteiger partial charge >= 0.3 is 0 Å². The van der Waals surface area contributed by atoms with Crippen LogP contribution in [0.1, 0.15) is 40.0 Å². The van der Waals surface area contributed by atoms with Crippen LogP contribution in [0.5, 0.6) is 0 Å². The molecule has 72 valence electrons. The van der Waals surface area contributed by atoms with Crippen LogP contribution in [0.15, 0.2) is 12.2 Å². The maximum absolute atomic E-state index is 9.36. The van der Waals surface area contributed by atoms with Crippen LogP contribution in [0, 0.1) is 0 Å². The molecule has 0 radical (unpaired) electrons. The number of hydrogen-bond donors (Lipinski definition) is 1. The van der Waals surface area contributed by atoms with Crippen molar-refractivity contribution in [2.75, 3.05) is 0 Å². The normalized spacial score (nSPS) is 19.4. The molecule has 0 rings (SSSR count). The van der Waals surface area contributed by atoms with Gasteiger partial charge in [0.1, 0.15) is 0 Å². The predicted molar refractivity (Wildman–Crippen MR) is 58.5 cm³/mol. The Labute approximate surface area is 78.5 Å². The summed E-state index contributed by atoms with van der Waals surface area (Å²) < 4.78 is 0. The molecule has 2 unspecified atom stereocenters. The summed E-state index contributed by atoms with van der Waals surface area (Å²) in [5.41, 5.74) is 0. The van der Waals surface area contributed by atoms with E-state index in [4.69, 9.17) is 0 Å². The van der Waals surface area contributed by atoms with E-state index in [0.29, 0.717) is 0 Å². The van der Waals surface area contributed by atoms with E-state index in [1.165, 1.54) is 0 Å². The summed E-state index contributed by atoms with van der Waals surface area (Å²) in [5.74, 6) is 0. The van der Waals surface area contributed by atoms with Gasteiger partial charge in [-0.2, -0.15) is 0 Å². The second kappa shape index (κ2) is 5.72. The van der Waals surface area contributed by atoms with Crippen molar-refractivity contribution in [3.8, 4) is 0 Å². The van der Waals surface area contributed by atoms with Gasteiger partial charge in [-0.1, -0.05) is 26.0 Å². The number of allylic oxidation sites excluding steroid dienone is 2. The summed E-state index contributed by atoms with van der Waals surface area (Å²) in [5, 5.41) is 9.51. The van der Waals surface area contributed by atoms with Crippen LogP contribution in [0.2, 0.25) is 0 Å². The third kappa shape index (κ3) is 5.74. The summed E-state index contributed by atoms with van der Waals surface area (Å²) in [6, 6.07) is 0. The van der Waals surface area contributed by atoms with E-state index in [-0.39, 0.29) is 11.3 Å². The SMILES string of the molecule is C/C=C\[C@@](C)(P)CCC(O)CC. The van der Waals surface area contributed by atoms with Crippen LogP contribution >= 0.6 is 9.24 Å². The standard InChI is InChI=1S/C10H21OP/c1-4-7-10(3,12)8-6-9(11)5-2/h4,7,9,11H,5-6,8,12H2,1-3H3/b7-4-/t9?,10-/m1/s1. The van der Waals surface area contributed by atoms with Crippen molar-refractivity contribution in [3.63, 3.8) is 0 Å². The molecule has 0 amide bonds. The van der Waals surface area contributed by atoms with Crippen molar-refractivity contribution in [2.24, 2.45) is 0 Å². The molecule has 0 spiro atoms. The van der Waals surface area contributed by atoms with Gasteiger partial charge < -0.3 is 5.11 Å². The van der Waals surface area contributed by atoms with Crippen molar-refractivity contribution in [3.05, 3.63) is 12.2 Å². The molecule has 0 aromatic rings. The topological polar surface area (TPSA) is 20.2 Å². The van der Waals surface area contributed by atoms with Gasteiger partial charge in [-0.3, -0.25) is 0 Å². The van der Waals surface area contributed by atoms with E-state index in [9.17, 15) is 5.11 Å². The van der Waals surface area contributed by atoms with E-state index in [1.54, 1.807) is 0 Å². The summed E-state index contributed by atoms with van der Waals surface area (Å²) in [4.78, 5) is 0. The van der Waals surface area contributed by atoms with Crippen molar-refractivity contribution < 1.29 is 5.11 Å². The third-order valence-electron chi connectivity index (χ3n) is 2.03. The molecule has 0 heterocycles. The van der Waals surface area contributed by atoms with E-state index in [1.807, 2.05) is 13.8 Å². The molecule has 0 saturated carbocycles. The fourth-order valence-corrected chi connectivity index (χ4v) is 1.50. The zero-order chi connectivity index (χ0) is 9.61. The van der Waals surface area contributed by atoms with Gasteiger partial charge in [0.2, 0.25) is 0 Å².